The molecule has 1 atom stereocenters. The molecular formula is C12H23N3O. The second-order valence-corrected chi connectivity index (χ2v) is 4.03. The van der Waals surface area contributed by atoms with Gasteiger partial charge in [0, 0.05) is 24.9 Å². The fourth-order valence-electron chi connectivity index (χ4n) is 2.13. The number of nitrogens with two attached hydrogens (primary N) is 1. The van der Waals surface area contributed by atoms with E-state index in [2.05, 4.69) is 30.6 Å². The molecule has 0 fully saturated rings. The molecule has 0 aromatic carbocycles. The molecule has 1 heterocycles. The van der Waals surface area contributed by atoms with Crippen LogP contribution in [0, 0.1) is 0 Å². The first-order valence-corrected chi connectivity index (χ1v) is 5.97. The number of methoxy groups -OCH3 is 1. The molecule has 0 spiro atoms. The maximum absolute atomic E-state index is 5.81. The van der Waals surface area contributed by atoms with Gasteiger partial charge in [0.2, 0.25) is 0 Å². The third-order valence-electron chi connectivity index (χ3n) is 2.90. The van der Waals surface area contributed by atoms with E-state index in [1.807, 2.05) is 0 Å². The van der Waals surface area contributed by atoms with Crippen molar-refractivity contribution in [3.63, 3.8) is 0 Å². The lowest BCUT2D eigenvalue weighted by molar-refractivity contribution is 0.155. The summed E-state index contributed by atoms with van der Waals surface area (Å²) in [5.74, 6) is 0. The molecule has 4 nitrogen and oxygen atoms in total. The normalized spacial score (nSPS) is 13.1. The SMILES string of the molecule is CCc1nn(C(C)COC)c(CC)c1CN. The summed E-state index contributed by atoms with van der Waals surface area (Å²) in [6.07, 6.45) is 1.90. The fourth-order valence-corrected chi connectivity index (χ4v) is 2.13. The topological polar surface area (TPSA) is 53.1 Å². The molecule has 1 aromatic rings. The van der Waals surface area contributed by atoms with Crippen molar-refractivity contribution in [3.05, 3.63) is 17.0 Å². The smallest absolute Gasteiger partial charge is 0.0727 e. The zero-order chi connectivity index (χ0) is 12.1. The van der Waals surface area contributed by atoms with Crippen LogP contribution in [0.15, 0.2) is 0 Å². The summed E-state index contributed by atoms with van der Waals surface area (Å²) in [5.41, 5.74) is 9.40. The Morgan fingerprint density at radius 3 is 2.50 bits per heavy atom. The van der Waals surface area contributed by atoms with Crippen molar-refractivity contribution in [3.8, 4) is 0 Å². The molecule has 0 radical (unpaired) electrons. The fraction of sp³-hybridized carbons (Fsp3) is 0.750. The molecule has 2 N–H and O–H groups in total. The van der Waals surface area contributed by atoms with Crippen molar-refractivity contribution in [2.75, 3.05) is 13.7 Å². The van der Waals surface area contributed by atoms with Crippen LogP contribution in [-0.4, -0.2) is 23.5 Å². The molecule has 1 unspecified atom stereocenters. The minimum absolute atomic E-state index is 0.269. The first-order valence-electron chi connectivity index (χ1n) is 5.97. The zero-order valence-electron chi connectivity index (χ0n) is 10.8. The average Bonchev–Trinajstić information content (AvgIpc) is 2.66. The predicted octanol–water partition coefficient (Wildman–Crippen LogP) is 1.67. The molecule has 0 saturated carbocycles. The van der Waals surface area contributed by atoms with Gasteiger partial charge >= 0.3 is 0 Å². The highest BCUT2D eigenvalue weighted by Gasteiger charge is 2.17. The lowest BCUT2D eigenvalue weighted by Crippen LogP contribution is -2.15. The second kappa shape index (κ2) is 6.01. The van der Waals surface area contributed by atoms with Crippen molar-refractivity contribution in [1.29, 1.82) is 0 Å². The summed E-state index contributed by atoms with van der Waals surface area (Å²) in [7, 11) is 1.72. The van der Waals surface area contributed by atoms with Crippen molar-refractivity contribution in [2.24, 2.45) is 5.73 Å². The van der Waals surface area contributed by atoms with E-state index in [9.17, 15) is 0 Å². The number of nitrogens with zero attached hydrogens (tertiary/aromatic N) is 2. The third-order valence-corrected chi connectivity index (χ3v) is 2.90. The molecule has 0 amide bonds. The quantitative estimate of drug-likeness (QED) is 0.801. The van der Waals surface area contributed by atoms with Gasteiger partial charge in [-0.05, 0) is 19.8 Å². The average molecular weight is 225 g/mol. The highest BCUT2D eigenvalue weighted by Crippen LogP contribution is 2.19. The summed E-state index contributed by atoms with van der Waals surface area (Å²) in [6, 6.07) is 0.269. The molecular weight excluding hydrogens is 202 g/mol. The number of hydrogen-bond acceptors (Lipinski definition) is 3. The maximum Gasteiger partial charge on any atom is 0.0727 e. The molecule has 92 valence electrons. The van der Waals surface area contributed by atoms with Gasteiger partial charge in [-0.3, -0.25) is 4.68 Å². The lowest BCUT2D eigenvalue weighted by atomic mass is 10.1. The number of aromatic nitrogens is 2. The Morgan fingerprint density at radius 2 is 2.06 bits per heavy atom. The minimum atomic E-state index is 0.269. The van der Waals surface area contributed by atoms with E-state index in [4.69, 9.17) is 10.5 Å². The number of ether oxygens (including phenoxy) is 1. The van der Waals surface area contributed by atoms with Crippen LogP contribution in [-0.2, 0) is 24.1 Å². The van der Waals surface area contributed by atoms with Crippen LogP contribution in [0.2, 0.25) is 0 Å². The van der Waals surface area contributed by atoms with Gasteiger partial charge in [-0.15, -0.1) is 0 Å². The highest BCUT2D eigenvalue weighted by molar-refractivity contribution is 5.27. The Hall–Kier alpha value is -0.870. The van der Waals surface area contributed by atoms with Gasteiger partial charge in [-0.25, -0.2) is 0 Å². The minimum Gasteiger partial charge on any atom is -0.382 e. The van der Waals surface area contributed by atoms with Gasteiger partial charge in [-0.1, -0.05) is 13.8 Å². The van der Waals surface area contributed by atoms with Crippen molar-refractivity contribution < 1.29 is 4.74 Å². The van der Waals surface area contributed by atoms with Crippen LogP contribution in [0.3, 0.4) is 0 Å². The summed E-state index contributed by atoms with van der Waals surface area (Å²) in [6.45, 7) is 7.64. The molecule has 0 aliphatic heterocycles. The highest BCUT2D eigenvalue weighted by atomic mass is 16.5. The van der Waals surface area contributed by atoms with Gasteiger partial charge < -0.3 is 10.5 Å². The number of hydrogen-bond donors (Lipinski definition) is 1. The van der Waals surface area contributed by atoms with Crippen LogP contribution in [0.4, 0.5) is 0 Å². The van der Waals surface area contributed by atoms with Gasteiger partial charge in [0.05, 0.1) is 18.3 Å². The van der Waals surface area contributed by atoms with Gasteiger partial charge in [0.1, 0.15) is 0 Å². The zero-order valence-corrected chi connectivity index (χ0v) is 10.8. The van der Waals surface area contributed by atoms with E-state index in [-0.39, 0.29) is 6.04 Å². The molecule has 0 saturated heterocycles. The summed E-state index contributed by atoms with van der Waals surface area (Å²) in [5, 5.41) is 4.65. The second-order valence-electron chi connectivity index (χ2n) is 4.03. The first-order chi connectivity index (χ1) is 7.69. The van der Waals surface area contributed by atoms with Crippen LogP contribution >= 0.6 is 0 Å². The molecule has 4 heteroatoms. The Bertz CT molecular complexity index is 333. The van der Waals surface area contributed by atoms with Crippen LogP contribution in [0.25, 0.3) is 0 Å². The van der Waals surface area contributed by atoms with Crippen molar-refractivity contribution in [2.45, 2.75) is 46.2 Å². The Labute approximate surface area is 97.8 Å². The predicted molar refractivity (Wildman–Crippen MR) is 65.5 cm³/mol. The van der Waals surface area contributed by atoms with Crippen molar-refractivity contribution >= 4 is 0 Å². The van der Waals surface area contributed by atoms with E-state index in [1.54, 1.807) is 7.11 Å². The molecule has 16 heavy (non-hydrogen) atoms. The Kier molecular flexibility index (Phi) is 4.96. The first kappa shape index (κ1) is 13.2. The standard InChI is InChI=1S/C12H23N3O/c1-5-11-10(7-13)12(6-2)15(14-11)9(3)8-16-4/h9H,5-8,13H2,1-4H3. The van der Waals surface area contributed by atoms with E-state index in [0.717, 1.165) is 18.5 Å². The molecule has 0 aliphatic rings. The maximum atomic E-state index is 5.81. The third kappa shape index (κ3) is 2.44. The van der Waals surface area contributed by atoms with Gasteiger partial charge in [0.15, 0.2) is 0 Å². The van der Waals surface area contributed by atoms with Crippen LogP contribution in [0.1, 0.15) is 43.8 Å². The number of aryl methyl sites for hydroxylation is 1. The van der Waals surface area contributed by atoms with Crippen molar-refractivity contribution in [1.82, 2.24) is 9.78 Å². The van der Waals surface area contributed by atoms with E-state index < -0.39 is 0 Å². The van der Waals surface area contributed by atoms with E-state index in [0.29, 0.717) is 13.2 Å². The van der Waals surface area contributed by atoms with Gasteiger partial charge in [-0.2, -0.15) is 5.10 Å². The number of rotatable bonds is 6. The lowest BCUT2D eigenvalue weighted by Gasteiger charge is -2.14. The summed E-state index contributed by atoms with van der Waals surface area (Å²) < 4.78 is 7.26. The summed E-state index contributed by atoms with van der Waals surface area (Å²) >= 11 is 0. The summed E-state index contributed by atoms with van der Waals surface area (Å²) in [4.78, 5) is 0. The van der Waals surface area contributed by atoms with Gasteiger partial charge in [0.25, 0.3) is 0 Å². The Morgan fingerprint density at radius 1 is 1.38 bits per heavy atom. The molecule has 1 rings (SSSR count). The van der Waals surface area contributed by atoms with Crippen LogP contribution in [0.5, 0.6) is 0 Å². The largest absolute Gasteiger partial charge is 0.382 e. The monoisotopic (exact) mass is 225 g/mol. The molecule has 0 bridgehead atoms. The van der Waals surface area contributed by atoms with E-state index in [1.165, 1.54) is 11.3 Å². The van der Waals surface area contributed by atoms with E-state index >= 15 is 0 Å². The molecule has 0 aliphatic carbocycles. The Balaban J connectivity index is 3.12. The van der Waals surface area contributed by atoms with Crippen LogP contribution < -0.4 is 5.73 Å². The molecule has 1 aromatic heterocycles.